The van der Waals surface area contributed by atoms with Crippen LogP contribution in [-0.2, 0) is 6.54 Å². The first kappa shape index (κ1) is 11.3. The van der Waals surface area contributed by atoms with Crippen molar-refractivity contribution in [3.63, 3.8) is 0 Å². The van der Waals surface area contributed by atoms with Gasteiger partial charge in [0.2, 0.25) is 0 Å². The molecule has 1 fully saturated rings. The standard InChI is InChI=1S/C11H19N5/c1-15(2)10-3-4-16(8-10)11-7-13-9(5-12)6-14-11/h6-7,10H,3-5,8,12H2,1-2H3. The minimum Gasteiger partial charge on any atom is -0.354 e. The van der Waals surface area contributed by atoms with Gasteiger partial charge in [-0.05, 0) is 20.5 Å². The summed E-state index contributed by atoms with van der Waals surface area (Å²) in [6.45, 7) is 2.54. The average molecular weight is 221 g/mol. The van der Waals surface area contributed by atoms with Crippen LogP contribution in [0.2, 0.25) is 0 Å². The molecule has 1 aliphatic rings. The number of rotatable bonds is 3. The molecule has 1 unspecified atom stereocenters. The highest BCUT2D eigenvalue weighted by atomic mass is 15.3. The first-order valence-corrected chi connectivity index (χ1v) is 5.63. The number of aromatic nitrogens is 2. The second-order valence-corrected chi connectivity index (χ2v) is 4.42. The van der Waals surface area contributed by atoms with E-state index in [2.05, 4.69) is 33.9 Å². The summed E-state index contributed by atoms with van der Waals surface area (Å²) in [6, 6.07) is 0.621. The highest BCUT2D eigenvalue weighted by Crippen LogP contribution is 2.19. The van der Waals surface area contributed by atoms with Crippen LogP contribution in [0.15, 0.2) is 12.4 Å². The molecule has 0 aliphatic carbocycles. The topological polar surface area (TPSA) is 58.3 Å². The summed E-state index contributed by atoms with van der Waals surface area (Å²) in [5.41, 5.74) is 6.33. The van der Waals surface area contributed by atoms with Crippen LogP contribution in [0, 0.1) is 0 Å². The van der Waals surface area contributed by atoms with Gasteiger partial charge in [-0.1, -0.05) is 0 Å². The van der Waals surface area contributed by atoms with E-state index in [4.69, 9.17) is 5.73 Å². The molecular formula is C11H19N5. The summed E-state index contributed by atoms with van der Waals surface area (Å²) in [6.07, 6.45) is 4.77. The molecule has 0 spiro atoms. The van der Waals surface area contributed by atoms with Crippen molar-refractivity contribution in [1.82, 2.24) is 14.9 Å². The molecule has 16 heavy (non-hydrogen) atoms. The molecule has 0 saturated carbocycles. The average Bonchev–Trinajstić information content (AvgIpc) is 2.78. The summed E-state index contributed by atoms with van der Waals surface area (Å²) >= 11 is 0. The number of nitrogens with two attached hydrogens (primary N) is 1. The van der Waals surface area contributed by atoms with E-state index in [9.17, 15) is 0 Å². The smallest absolute Gasteiger partial charge is 0.147 e. The van der Waals surface area contributed by atoms with Gasteiger partial charge in [0.05, 0.1) is 18.1 Å². The Balaban J connectivity index is 2.03. The van der Waals surface area contributed by atoms with Gasteiger partial charge in [0.1, 0.15) is 5.82 Å². The molecule has 88 valence electrons. The summed E-state index contributed by atoms with van der Waals surface area (Å²) in [5, 5.41) is 0. The molecule has 5 heteroatoms. The van der Waals surface area contributed by atoms with Crippen molar-refractivity contribution in [3.05, 3.63) is 18.1 Å². The van der Waals surface area contributed by atoms with Crippen molar-refractivity contribution in [2.24, 2.45) is 5.73 Å². The fourth-order valence-corrected chi connectivity index (χ4v) is 1.99. The van der Waals surface area contributed by atoms with Crippen LogP contribution in [-0.4, -0.2) is 48.1 Å². The number of anilines is 1. The molecule has 1 saturated heterocycles. The van der Waals surface area contributed by atoms with Crippen molar-refractivity contribution in [2.75, 3.05) is 32.1 Å². The third kappa shape index (κ3) is 2.31. The Morgan fingerprint density at radius 1 is 1.44 bits per heavy atom. The lowest BCUT2D eigenvalue weighted by Crippen LogP contribution is -2.31. The van der Waals surface area contributed by atoms with Gasteiger partial charge < -0.3 is 15.5 Å². The van der Waals surface area contributed by atoms with Crippen LogP contribution in [0.3, 0.4) is 0 Å². The maximum atomic E-state index is 5.49. The zero-order chi connectivity index (χ0) is 11.5. The molecule has 2 rings (SSSR count). The maximum absolute atomic E-state index is 5.49. The second kappa shape index (κ2) is 4.76. The normalized spacial score (nSPS) is 20.8. The lowest BCUT2D eigenvalue weighted by Gasteiger charge is -2.20. The molecule has 0 amide bonds. The lowest BCUT2D eigenvalue weighted by molar-refractivity contribution is 0.315. The summed E-state index contributed by atoms with van der Waals surface area (Å²) in [4.78, 5) is 13.2. The van der Waals surface area contributed by atoms with Gasteiger partial charge in [-0.3, -0.25) is 4.98 Å². The molecular weight excluding hydrogens is 202 g/mol. The Hall–Kier alpha value is -1.20. The predicted octanol–water partition coefficient (Wildman–Crippen LogP) is 0.0756. The molecule has 0 radical (unpaired) electrons. The van der Waals surface area contributed by atoms with Crippen molar-refractivity contribution >= 4 is 5.82 Å². The van der Waals surface area contributed by atoms with Crippen LogP contribution in [0.1, 0.15) is 12.1 Å². The third-order valence-corrected chi connectivity index (χ3v) is 3.12. The van der Waals surface area contributed by atoms with E-state index < -0.39 is 0 Å². The first-order chi connectivity index (χ1) is 7.70. The van der Waals surface area contributed by atoms with Crippen LogP contribution < -0.4 is 10.6 Å². The molecule has 5 nitrogen and oxygen atoms in total. The molecule has 0 aromatic carbocycles. The molecule has 1 aliphatic heterocycles. The highest BCUT2D eigenvalue weighted by Gasteiger charge is 2.24. The van der Waals surface area contributed by atoms with E-state index in [1.54, 1.807) is 6.20 Å². The lowest BCUT2D eigenvalue weighted by atomic mass is 10.2. The molecule has 0 bridgehead atoms. The largest absolute Gasteiger partial charge is 0.354 e. The van der Waals surface area contributed by atoms with Crippen molar-refractivity contribution < 1.29 is 0 Å². The first-order valence-electron chi connectivity index (χ1n) is 5.63. The minimum atomic E-state index is 0.452. The Labute approximate surface area is 96.3 Å². The monoisotopic (exact) mass is 221 g/mol. The molecule has 2 heterocycles. The van der Waals surface area contributed by atoms with Gasteiger partial charge in [-0.2, -0.15) is 0 Å². The van der Waals surface area contributed by atoms with Crippen LogP contribution >= 0.6 is 0 Å². The quantitative estimate of drug-likeness (QED) is 0.783. The van der Waals surface area contributed by atoms with E-state index in [-0.39, 0.29) is 0 Å². The van der Waals surface area contributed by atoms with Crippen LogP contribution in [0.5, 0.6) is 0 Å². The Morgan fingerprint density at radius 2 is 2.25 bits per heavy atom. The highest BCUT2D eigenvalue weighted by molar-refractivity contribution is 5.37. The van der Waals surface area contributed by atoms with Crippen molar-refractivity contribution in [3.8, 4) is 0 Å². The Kier molecular flexibility index (Phi) is 3.36. The minimum absolute atomic E-state index is 0.452. The van der Waals surface area contributed by atoms with Crippen LogP contribution in [0.4, 0.5) is 5.82 Å². The Bertz CT molecular complexity index is 335. The summed E-state index contributed by atoms with van der Waals surface area (Å²) < 4.78 is 0. The van der Waals surface area contributed by atoms with E-state index in [0.29, 0.717) is 12.6 Å². The number of nitrogens with zero attached hydrogens (tertiary/aromatic N) is 4. The fourth-order valence-electron chi connectivity index (χ4n) is 1.99. The van der Waals surface area contributed by atoms with E-state index in [1.165, 1.54) is 6.42 Å². The molecule has 2 N–H and O–H groups in total. The van der Waals surface area contributed by atoms with Gasteiger partial charge in [0.15, 0.2) is 0 Å². The molecule has 1 aromatic rings. The van der Waals surface area contributed by atoms with Gasteiger partial charge >= 0.3 is 0 Å². The van der Waals surface area contributed by atoms with E-state index in [0.717, 1.165) is 24.6 Å². The molecule has 1 aromatic heterocycles. The van der Waals surface area contributed by atoms with Crippen molar-refractivity contribution in [2.45, 2.75) is 19.0 Å². The van der Waals surface area contributed by atoms with E-state index in [1.807, 2.05) is 6.20 Å². The number of hydrogen-bond donors (Lipinski definition) is 1. The fraction of sp³-hybridized carbons (Fsp3) is 0.636. The van der Waals surface area contributed by atoms with Crippen molar-refractivity contribution in [1.29, 1.82) is 0 Å². The SMILES string of the molecule is CN(C)C1CCN(c2cnc(CN)cn2)C1. The third-order valence-electron chi connectivity index (χ3n) is 3.12. The summed E-state index contributed by atoms with van der Waals surface area (Å²) in [5.74, 6) is 0.960. The number of likely N-dealkylation sites (N-methyl/N-ethyl adjacent to an activating group) is 1. The van der Waals surface area contributed by atoms with E-state index >= 15 is 0 Å². The van der Waals surface area contributed by atoms with Gasteiger partial charge in [-0.25, -0.2) is 4.98 Å². The van der Waals surface area contributed by atoms with Gasteiger partial charge in [-0.15, -0.1) is 0 Å². The molecule has 1 atom stereocenters. The van der Waals surface area contributed by atoms with Gasteiger partial charge in [0, 0.05) is 25.7 Å². The number of hydrogen-bond acceptors (Lipinski definition) is 5. The maximum Gasteiger partial charge on any atom is 0.147 e. The zero-order valence-electron chi connectivity index (χ0n) is 9.93. The predicted molar refractivity (Wildman–Crippen MR) is 64.2 cm³/mol. The summed E-state index contributed by atoms with van der Waals surface area (Å²) in [7, 11) is 4.24. The zero-order valence-corrected chi connectivity index (χ0v) is 9.93. The van der Waals surface area contributed by atoms with Gasteiger partial charge in [0.25, 0.3) is 0 Å². The second-order valence-electron chi connectivity index (χ2n) is 4.42. The Morgan fingerprint density at radius 3 is 2.75 bits per heavy atom. The van der Waals surface area contributed by atoms with Crippen LogP contribution in [0.25, 0.3) is 0 Å².